The zero-order valence-corrected chi connectivity index (χ0v) is 7.92. The molecule has 2 aromatic rings. The van der Waals surface area contributed by atoms with E-state index in [1.165, 1.54) is 0 Å². The largest absolute Gasteiger partial charge is 0.478 e. The molecule has 74 valence electrons. The Morgan fingerprint density at radius 3 is 2.87 bits per heavy atom. The van der Waals surface area contributed by atoms with Gasteiger partial charge in [0.15, 0.2) is 0 Å². The molecule has 0 aliphatic carbocycles. The van der Waals surface area contributed by atoms with Gasteiger partial charge in [0, 0.05) is 29.4 Å². The van der Waals surface area contributed by atoms with Crippen LogP contribution in [0.5, 0.6) is 0 Å². The summed E-state index contributed by atoms with van der Waals surface area (Å²) in [6, 6.07) is 7.73. The smallest absolute Gasteiger partial charge is 0.328 e. The van der Waals surface area contributed by atoms with Crippen molar-refractivity contribution in [2.24, 2.45) is 0 Å². The Kier molecular flexibility index (Phi) is 2.46. The third-order valence-corrected chi connectivity index (χ3v) is 2.10. The Morgan fingerprint density at radius 1 is 1.27 bits per heavy atom. The molecule has 1 aromatic carbocycles. The van der Waals surface area contributed by atoms with Gasteiger partial charge in [-0.25, -0.2) is 4.79 Å². The van der Waals surface area contributed by atoms with Crippen molar-refractivity contribution in [1.29, 1.82) is 0 Å². The second kappa shape index (κ2) is 3.92. The van der Waals surface area contributed by atoms with Crippen molar-refractivity contribution in [2.75, 3.05) is 0 Å². The highest BCUT2D eigenvalue weighted by molar-refractivity contribution is 5.93. The first-order valence-corrected chi connectivity index (χ1v) is 4.51. The molecule has 0 radical (unpaired) electrons. The molecule has 0 amide bonds. The number of carboxylic acids is 1. The highest BCUT2D eigenvalue weighted by Gasteiger charge is 1.97. The molecule has 0 saturated carbocycles. The summed E-state index contributed by atoms with van der Waals surface area (Å²) in [6.45, 7) is 0. The number of pyridine rings is 1. The summed E-state index contributed by atoms with van der Waals surface area (Å²) in [6.07, 6.45) is 6.08. The van der Waals surface area contributed by atoms with Crippen LogP contribution in [0, 0.1) is 0 Å². The summed E-state index contributed by atoms with van der Waals surface area (Å²) in [5.74, 6) is -0.956. The molecular formula is C12H9NO2. The Bertz CT molecular complexity index is 527. The van der Waals surface area contributed by atoms with Crippen LogP contribution in [-0.2, 0) is 4.79 Å². The SMILES string of the molecule is O=C(O)C=Cc1cncc2ccccc12. The molecule has 0 fully saturated rings. The number of rotatable bonds is 2. The number of nitrogens with zero attached hydrogens (tertiary/aromatic N) is 1. The molecule has 0 saturated heterocycles. The predicted molar refractivity (Wildman–Crippen MR) is 58.4 cm³/mol. The van der Waals surface area contributed by atoms with E-state index in [0.29, 0.717) is 0 Å². The van der Waals surface area contributed by atoms with Crippen molar-refractivity contribution >= 4 is 22.8 Å². The minimum atomic E-state index is -0.956. The molecule has 3 nitrogen and oxygen atoms in total. The fourth-order valence-corrected chi connectivity index (χ4v) is 1.43. The molecule has 0 unspecified atom stereocenters. The van der Waals surface area contributed by atoms with Crippen molar-refractivity contribution in [2.45, 2.75) is 0 Å². The summed E-state index contributed by atoms with van der Waals surface area (Å²) in [4.78, 5) is 14.4. The van der Waals surface area contributed by atoms with Gasteiger partial charge in [0.05, 0.1) is 0 Å². The fraction of sp³-hybridized carbons (Fsp3) is 0. The summed E-state index contributed by atoms with van der Waals surface area (Å²) in [5, 5.41) is 10.5. The third kappa shape index (κ3) is 2.02. The molecule has 3 heteroatoms. The van der Waals surface area contributed by atoms with Crippen molar-refractivity contribution in [3.05, 3.63) is 48.3 Å². The van der Waals surface area contributed by atoms with Crippen LogP contribution in [0.2, 0.25) is 0 Å². The first-order valence-electron chi connectivity index (χ1n) is 4.51. The lowest BCUT2D eigenvalue weighted by Gasteiger charge is -1.99. The summed E-state index contributed by atoms with van der Waals surface area (Å²) >= 11 is 0. The van der Waals surface area contributed by atoms with E-state index < -0.39 is 5.97 Å². The van der Waals surface area contributed by atoms with Crippen LogP contribution in [0.3, 0.4) is 0 Å². The van der Waals surface area contributed by atoms with Crippen molar-refractivity contribution in [1.82, 2.24) is 4.98 Å². The number of benzene rings is 1. The molecule has 1 N–H and O–H groups in total. The van der Waals surface area contributed by atoms with E-state index in [4.69, 9.17) is 5.11 Å². The van der Waals surface area contributed by atoms with Gasteiger partial charge in [-0.05, 0) is 11.5 Å². The Hall–Kier alpha value is -2.16. The van der Waals surface area contributed by atoms with Gasteiger partial charge >= 0.3 is 5.97 Å². The van der Waals surface area contributed by atoms with Gasteiger partial charge < -0.3 is 5.11 Å². The summed E-state index contributed by atoms with van der Waals surface area (Å²) in [5.41, 5.74) is 0.815. The van der Waals surface area contributed by atoms with Crippen LogP contribution in [0.15, 0.2) is 42.7 Å². The lowest BCUT2D eigenvalue weighted by atomic mass is 10.1. The number of hydrogen-bond donors (Lipinski definition) is 1. The standard InChI is InChI=1S/C12H9NO2/c14-12(15)6-5-10-8-13-7-9-3-1-2-4-11(9)10/h1-8H,(H,14,15). The molecule has 0 bridgehead atoms. The number of carboxylic acid groups (broad SMARTS) is 1. The van der Waals surface area contributed by atoms with E-state index in [9.17, 15) is 4.79 Å². The Morgan fingerprint density at radius 2 is 2.07 bits per heavy atom. The fourth-order valence-electron chi connectivity index (χ4n) is 1.43. The number of fused-ring (bicyclic) bond motifs is 1. The molecule has 1 heterocycles. The summed E-state index contributed by atoms with van der Waals surface area (Å²) < 4.78 is 0. The van der Waals surface area contributed by atoms with Gasteiger partial charge in [0.1, 0.15) is 0 Å². The quantitative estimate of drug-likeness (QED) is 0.755. The molecule has 1 aromatic heterocycles. The minimum Gasteiger partial charge on any atom is -0.478 e. The molecular weight excluding hydrogens is 190 g/mol. The molecule has 0 atom stereocenters. The summed E-state index contributed by atoms with van der Waals surface area (Å²) in [7, 11) is 0. The van der Waals surface area contributed by atoms with Gasteiger partial charge in [-0.1, -0.05) is 24.3 Å². The van der Waals surface area contributed by atoms with Crippen molar-refractivity contribution in [3.63, 3.8) is 0 Å². The number of carbonyl (C=O) groups is 1. The second-order valence-electron chi connectivity index (χ2n) is 3.12. The van der Waals surface area contributed by atoms with Crippen LogP contribution >= 0.6 is 0 Å². The Balaban J connectivity index is 2.56. The van der Waals surface area contributed by atoms with Crippen LogP contribution in [0.4, 0.5) is 0 Å². The van der Waals surface area contributed by atoms with E-state index in [0.717, 1.165) is 22.4 Å². The van der Waals surface area contributed by atoms with Crippen molar-refractivity contribution in [3.8, 4) is 0 Å². The Labute approximate surface area is 86.7 Å². The maximum absolute atomic E-state index is 10.4. The maximum atomic E-state index is 10.4. The number of hydrogen-bond acceptors (Lipinski definition) is 2. The van der Waals surface area contributed by atoms with Gasteiger partial charge in [-0.2, -0.15) is 0 Å². The topological polar surface area (TPSA) is 50.2 Å². The van der Waals surface area contributed by atoms with Gasteiger partial charge in [0.25, 0.3) is 0 Å². The van der Waals surface area contributed by atoms with E-state index in [-0.39, 0.29) is 0 Å². The molecule has 15 heavy (non-hydrogen) atoms. The molecule has 0 spiro atoms. The van der Waals surface area contributed by atoms with Gasteiger partial charge in [0.2, 0.25) is 0 Å². The lowest BCUT2D eigenvalue weighted by molar-refractivity contribution is -0.131. The molecule has 0 aliphatic rings. The highest BCUT2D eigenvalue weighted by atomic mass is 16.4. The number of aliphatic carboxylic acids is 1. The monoisotopic (exact) mass is 199 g/mol. The lowest BCUT2D eigenvalue weighted by Crippen LogP contribution is -1.87. The highest BCUT2D eigenvalue weighted by Crippen LogP contribution is 2.17. The zero-order valence-electron chi connectivity index (χ0n) is 7.92. The maximum Gasteiger partial charge on any atom is 0.328 e. The first-order chi connectivity index (χ1) is 7.27. The van der Waals surface area contributed by atoms with Gasteiger partial charge in [-0.3, -0.25) is 4.98 Å². The predicted octanol–water partition coefficient (Wildman–Crippen LogP) is 2.33. The van der Waals surface area contributed by atoms with Crippen LogP contribution in [0.1, 0.15) is 5.56 Å². The first kappa shape index (κ1) is 9.40. The van der Waals surface area contributed by atoms with Gasteiger partial charge in [-0.15, -0.1) is 0 Å². The average Bonchev–Trinajstić information content (AvgIpc) is 2.26. The third-order valence-electron chi connectivity index (χ3n) is 2.10. The minimum absolute atomic E-state index is 0.815. The zero-order chi connectivity index (χ0) is 10.7. The van der Waals surface area contributed by atoms with E-state index in [2.05, 4.69) is 4.98 Å². The van der Waals surface area contributed by atoms with E-state index in [1.54, 1.807) is 18.5 Å². The van der Waals surface area contributed by atoms with Crippen LogP contribution in [-0.4, -0.2) is 16.1 Å². The molecule has 2 rings (SSSR count). The normalized spacial score (nSPS) is 10.9. The van der Waals surface area contributed by atoms with E-state index >= 15 is 0 Å². The number of aromatic nitrogens is 1. The molecule has 0 aliphatic heterocycles. The van der Waals surface area contributed by atoms with Crippen LogP contribution in [0.25, 0.3) is 16.8 Å². The van der Waals surface area contributed by atoms with E-state index in [1.807, 2.05) is 24.3 Å². The average molecular weight is 199 g/mol. The second-order valence-corrected chi connectivity index (χ2v) is 3.12. The van der Waals surface area contributed by atoms with Crippen LogP contribution < -0.4 is 0 Å². The van der Waals surface area contributed by atoms with Crippen molar-refractivity contribution < 1.29 is 9.90 Å².